The second-order valence-corrected chi connectivity index (χ2v) is 2.71. The summed E-state index contributed by atoms with van der Waals surface area (Å²) in [5.74, 6) is -0.619. The molecule has 0 aromatic rings. The standard InChI is InChI=1S/C8H9NO5/c1-5(2)7(11)13-8(6-3-12-6)14-9-4-10/h6,8H,1,3H2,2H3. The molecule has 1 aliphatic rings. The van der Waals surface area contributed by atoms with Gasteiger partial charge in [0.15, 0.2) is 6.10 Å². The van der Waals surface area contributed by atoms with Crippen molar-refractivity contribution in [2.45, 2.75) is 19.3 Å². The molecule has 6 heteroatoms. The zero-order chi connectivity index (χ0) is 10.6. The average Bonchev–Trinajstić information content (AvgIpc) is 2.94. The van der Waals surface area contributed by atoms with Crippen molar-refractivity contribution in [2.24, 2.45) is 5.16 Å². The largest absolute Gasteiger partial charge is 0.417 e. The molecule has 1 rings (SSSR count). The Bertz CT molecular complexity index is 290. The Morgan fingerprint density at radius 1 is 1.79 bits per heavy atom. The van der Waals surface area contributed by atoms with Crippen molar-refractivity contribution in [3.8, 4) is 0 Å². The summed E-state index contributed by atoms with van der Waals surface area (Å²) >= 11 is 0. The maximum absolute atomic E-state index is 11.1. The zero-order valence-electron chi connectivity index (χ0n) is 7.56. The average molecular weight is 199 g/mol. The topological polar surface area (TPSA) is 77.5 Å². The van der Waals surface area contributed by atoms with Crippen LogP contribution in [0.15, 0.2) is 17.3 Å². The third-order valence-corrected chi connectivity index (χ3v) is 1.43. The number of epoxide rings is 1. The van der Waals surface area contributed by atoms with Crippen molar-refractivity contribution >= 4 is 12.0 Å². The Kier molecular flexibility index (Phi) is 3.39. The van der Waals surface area contributed by atoms with Gasteiger partial charge < -0.3 is 14.3 Å². The van der Waals surface area contributed by atoms with Crippen LogP contribution in [0.4, 0.5) is 0 Å². The van der Waals surface area contributed by atoms with E-state index in [0.717, 1.165) is 0 Å². The molecule has 1 heterocycles. The summed E-state index contributed by atoms with van der Waals surface area (Å²) in [7, 11) is 0. The molecule has 2 unspecified atom stereocenters. The van der Waals surface area contributed by atoms with Gasteiger partial charge in [-0.15, -0.1) is 0 Å². The van der Waals surface area contributed by atoms with Crippen LogP contribution in [0.5, 0.6) is 0 Å². The number of nitrogens with zero attached hydrogens (tertiary/aromatic N) is 1. The van der Waals surface area contributed by atoms with Gasteiger partial charge in [0.05, 0.1) is 6.61 Å². The molecular weight excluding hydrogens is 190 g/mol. The fourth-order valence-electron chi connectivity index (χ4n) is 0.658. The minimum Gasteiger partial charge on any atom is -0.417 e. The van der Waals surface area contributed by atoms with E-state index in [1.165, 1.54) is 13.0 Å². The van der Waals surface area contributed by atoms with Crippen LogP contribution in [0.2, 0.25) is 0 Å². The first kappa shape index (κ1) is 10.4. The van der Waals surface area contributed by atoms with E-state index < -0.39 is 12.3 Å². The van der Waals surface area contributed by atoms with Gasteiger partial charge in [0.2, 0.25) is 0 Å². The molecule has 0 aliphatic carbocycles. The van der Waals surface area contributed by atoms with Crippen LogP contribution in [-0.2, 0) is 23.9 Å². The maximum Gasteiger partial charge on any atom is 0.336 e. The molecule has 1 fully saturated rings. The third kappa shape index (κ3) is 3.01. The van der Waals surface area contributed by atoms with Gasteiger partial charge in [-0.25, -0.2) is 9.59 Å². The van der Waals surface area contributed by atoms with Gasteiger partial charge in [0.25, 0.3) is 12.4 Å². The Balaban J connectivity index is 2.46. The van der Waals surface area contributed by atoms with Gasteiger partial charge in [0, 0.05) is 10.7 Å². The zero-order valence-corrected chi connectivity index (χ0v) is 7.56. The molecule has 1 aliphatic heterocycles. The first-order valence-electron chi connectivity index (χ1n) is 3.86. The summed E-state index contributed by atoms with van der Waals surface area (Å²) < 4.78 is 9.61. The lowest BCUT2D eigenvalue weighted by atomic mass is 10.3. The molecule has 76 valence electrons. The summed E-state index contributed by atoms with van der Waals surface area (Å²) in [6.07, 6.45) is -0.198. The smallest absolute Gasteiger partial charge is 0.336 e. The number of isocyanates is 1. The second kappa shape index (κ2) is 4.55. The minimum atomic E-state index is -0.999. The van der Waals surface area contributed by atoms with E-state index in [2.05, 4.69) is 16.6 Å². The molecule has 0 bridgehead atoms. The minimum absolute atomic E-state index is 0.231. The molecule has 0 saturated carbocycles. The highest BCUT2D eigenvalue weighted by atomic mass is 16.8. The van der Waals surface area contributed by atoms with Crippen molar-refractivity contribution in [1.82, 2.24) is 0 Å². The summed E-state index contributed by atoms with van der Waals surface area (Å²) in [5, 5.41) is 2.85. The van der Waals surface area contributed by atoms with Gasteiger partial charge in [-0.1, -0.05) is 6.58 Å². The van der Waals surface area contributed by atoms with Crippen LogP contribution in [0, 0.1) is 0 Å². The monoisotopic (exact) mass is 199 g/mol. The molecular formula is C8H9NO5. The van der Waals surface area contributed by atoms with Crippen LogP contribution >= 0.6 is 0 Å². The molecule has 1 saturated heterocycles. The van der Waals surface area contributed by atoms with Gasteiger partial charge in [-0.05, 0) is 6.92 Å². The number of esters is 1. The van der Waals surface area contributed by atoms with Crippen LogP contribution in [0.1, 0.15) is 6.92 Å². The second-order valence-electron chi connectivity index (χ2n) is 2.71. The lowest BCUT2D eigenvalue weighted by Gasteiger charge is -2.11. The van der Waals surface area contributed by atoms with Crippen molar-refractivity contribution < 1.29 is 23.9 Å². The van der Waals surface area contributed by atoms with Crippen molar-refractivity contribution in [1.29, 1.82) is 0 Å². The summed E-state index contributed by atoms with van der Waals surface area (Å²) in [6.45, 7) is 5.29. The highest BCUT2D eigenvalue weighted by molar-refractivity contribution is 5.87. The maximum atomic E-state index is 11.1. The van der Waals surface area contributed by atoms with Crippen molar-refractivity contribution in [3.05, 3.63) is 12.2 Å². The first-order chi connectivity index (χ1) is 6.65. The Morgan fingerprint density at radius 2 is 2.43 bits per heavy atom. The first-order valence-corrected chi connectivity index (χ1v) is 3.86. The van der Waals surface area contributed by atoms with E-state index in [9.17, 15) is 9.59 Å². The van der Waals surface area contributed by atoms with E-state index in [0.29, 0.717) is 6.61 Å². The molecule has 0 spiro atoms. The number of carbonyl (C=O) groups is 1. The predicted octanol–water partition coefficient (Wildman–Crippen LogP) is 0.0980. The van der Waals surface area contributed by atoms with Crippen LogP contribution in [0.3, 0.4) is 0 Å². The predicted molar refractivity (Wildman–Crippen MR) is 43.6 cm³/mol. The molecule has 6 nitrogen and oxygen atoms in total. The van der Waals surface area contributed by atoms with Gasteiger partial charge in [-0.3, -0.25) is 0 Å². The fraction of sp³-hybridized carbons (Fsp3) is 0.500. The lowest BCUT2D eigenvalue weighted by molar-refractivity contribution is -0.178. The van der Waals surface area contributed by atoms with E-state index >= 15 is 0 Å². The van der Waals surface area contributed by atoms with Gasteiger partial charge in [0.1, 0.15) is 0 Å². The normalized spacial score (nSPS) is 20.2. The molecule has 0 N–H and O–H groups in total. The highest BCUT2D eigenvalue weighted by Gasteiger charge is 2.38. The van der Waals surface area contributed by atoms with E-state index in [-0.39, 0.29) is 11.7 Å². The van der Waals surface area contributed by atoms with Crippen LogP contribution in [-0.4, -0.2) is 31.1 Å². The van der Waals surface area contributed by atoms with E-state index in [1.807, 2.05) is 0 Å². The SMILES string of the molecule is C=C(C)C(=O)OC(ON=C=O)C1CO1. The molecule has 0 amide bonds. The van der Waals surface area contributed by atoms with Crippen molar-refractivity contribution in [3.63, 3.8) is 0 Å². The quantitative estimate of drug-likeness (QED) is 0.119. The Labute approximate surface area is 80.1 Å². The van der Waals surface area contributed by atoms with Crippen LogP contribution < -0.4 is 0 Å². The highest BCUT2D eigenvalue weighted by Crippen LogP contribution is 2.19. The Morgan fingerprint density at radius 3 is 2.86 bits per heavy atom. The number of carbonyl (C=O) groups excluding carboxylic acids is 2. The van der Waals surface area contributed by atoms with Gasteiger partial charge in [-0.2, -0.15) is 0 Å². The molecule has 0 radical (unpaired) electrons. The summed E-state index contributed by atoms with van der Waals surface area (Å²) in [5.41, 5.74) is 0.231. The number of hydrogen-bond acceptors (Lipinski definition) is 6. The summed E-state index contributed by atoms with van der Waals surface area (Å²) in [4.78, 5) is 25.3. The number of hydrogen-bond donors (Lipinski definition) is 0. The Hall–Kier alpha value is -1.65. The van der Waals surface area contributed by atoms with E-state index in [4.69, 9.17) is 9.47 Å². The van der Waals surface area contributed by atoms with Gasteiger partial charge >= 0.3 is 5.97 Å². The summed E-state index contributed by atoms with van der Waals surface area (Å²) in [6, 6.07) is 0. The third-order valence-electron chi connectivity index (χ3n) is 1.43. The molecule has 0 aromatic carbocycles. The number of rotatable bonds is 5. The fourth-order valence-corrected chi connectivity index (χ4v) is 0.658. The molecule has 14 heavy (non-hydrogen) atoms. The van der Waals surface area contributed by atoms with Crippen molar-refractivity contribution in [2.75, 3.05) is 6.61 Å². The van der Waals surface area contributed by atoms with E-state index in [1.54, 1.807) is 0 Å². The number of ether oxygens (including phenoxy) is 2. The lowest BCUT2D eigenvalue weighted by Crippen LogP contribution is -2.25. The molecule has 0 aromatic heterocycles. The van der Waals surface area contributed by atoms with Crippen LogP contribution in [0.25, 0.3) is 0 Å². The molecule has 2 atom stereocenters.